The summed E-state index contributed by atoms with van der Waals surface area (Å²) in [5.74, 6) is 0.174. The van der Waals surface area contributed by atoms with E-state index in [4.69, 9.17) is 0 Å². The zero-order chi connectivity index (χ0) is 12.0. The van der Waals surface area contributed by atoms with Gasteiger partial charge in [-0.1, -0.05) is 18.2 Å². The lowest BCUT2D eigenvalue weighted by Crippen LogP contribution is -2.40. The van der Waals surface area contributed by atoms with Crippen molar-refractivity contribution >= 4 is 16.8 Å². The van der Waals surface area contributed by atoms with Crippen molar-refractivity contribution in [2.75, 3.05) is 13.1 Å². The first-order chi connectivity index (χ1) is 8.24. The van der Waals surface area contributed by atoms with Crippen molar-refractivity contribution in [1.29, 1.82) is 0 Å². The Kier molecular flexibility index (Phi) is 2.21. The monoisotopic (exact) mass is 228 g/mol. The quantitative estimate of drug-likeness (QED) is 0.736. The number of para-hydroxylation sites is 1. The largest absolute Gasteiger partial charge is 0.336 e. The lowest BCUT2D eigenvalue weighted by atomic mass is 10.1. The number of rotatable bonds is 1. The van der Waals surface area contributed by atoms with Crippen LogP contribution in [0.15, 0.2) is 24.3 Å². The van der Waals surface area contributed by atoms with Crippen molar-refractivity contribution in [2.45, 2.75) is 20.4 Å². The first kappa shape index (κ1) is 10.4. The van der Waals surface area contributed by atoms with Gasteiger partial charge in [-0.2, -0.15) is 0 Å². The summed E-state index contributed by atoms with van der Waals surface area (Å²) < 4.78 is 2.17. The first-order valence-electron chi connectivity index (χ1n) is 6.11. The van der Waals surface area contributed by atoms with Crippen molar-refractivity contribution in [3.8, 4) is 0 Å². The molecular weight excluding hydrogens is 212 g/mol. The van der Waals surface area contributed by atoms with Crippen LogP contribution in [-0.4, -0.2) is 28.5 Å². The Morgan fingerprint density at radius 3 is 2.76 bits per heavy atom. The predicted molar refractivity (Wildman–Crippen MR) is 68.3 cm³/mol. The molecule has 2 aromatic rings. The number of hydrogen-bond donors (Lipinski definition) is 0. The number of nitrogens with zero attached hydrogens (tertiary/aromatic N) is 2. The standard InChI is InChI=1S/C14H16N2O/c1-3-15-8-9-16-12-7-5-4-6-11(12)10(2)13(16)14(15)17/h4-7H,3,8-9H2,1-2H3. The molecular formula is C14H16N2O. The molecule has 0 aliphatic carbocycles. The second kappa shape index (κ2) is 3.62. The zero-order valence-electron chi connectivity index (χ0n) is 10.2. The Bertz CT molecular complexity index is 598. The molecule has 0 radical (unpaired) electrons. The summed E-state index contributed by atoms with van der Waals surface area (Å²) in [6, 6.07) is 8.26. The average Bonchev–Trinajstić information content (AvgIpc) is 2.65. The molecule has 0 saturated heterocycles. The van der Waals surface area contributed by atoms with Gasteiger partial charge in [0.15, 0.2) is 0 Å². The highest BCUT2D eigenvalue weighted by molar-refractivity contribution is 6.02. The molecule has 1 aromatic heterocycles. The highest BCUT2D eigenvalue weighted by Crippen LogP contribution is 2.28. The van der Waals surface area contributed by atoms with E-state index in [0.29, 0.717) is 0 Å². The molecule has 0 fully saturated rings. The Hall–Kier alpha value is -1.77. The molecule has 1 aliphatic rings. The Labute approximate surface area is 101 Å². The SMILES string of the molecule is CCN1CCn2c(c(C)c3ccccc32)C1=O. The van der Waals surface area contributed by atoms with Gasteiger partial charge in [-0.25, -0.2) is 0 Å². The Balaban J connectivity index is 2.29. The van der Waals surface area contributed by atoms with Gasteiger partial charge in [0.2, 0.25) is 0 Å². The molecule has 1 amide bonds. The third-order valence-corrected chi connectivity index (χ3v) is 3.69. The molecule has 1 aliphatic heterocycles. The maximum atomic E-state index is 12.3. The number of hydrogen-bond acceptors (Lipinski definition) is 1. The zero-order valence-corrected chi connectivity index (χ0v) is 10.2. The Morgan fingerprint density at radius 1 is 1.24 bits per heavy atom. The molecule has 3 nitrogen and oxygen atoms in total. The summed E-state index contributed by atoms with van der Waals surface area (Å²) in [4.78, 5) is 14.3. The maximum absolute atomic E-state index is 12.3. The van der Waals surface area contributed by atoms with Gasteiger partial charge in [0.1, 0.15) is 5.69 Å². The molecule has 0 spiro atoms. The number of likely N-dealkylation sites (N-methyl/N-ethyl adjacent to an activating group) is 1. The normalized spacial score (nSPS) is 15.4. The predicted octanol–water partition coefficient (Wildman–Crippen LogP) is 2.43. The summed E-state index contributed by atoms with van der Waals surface area (Å²) in [6.45, 7) is 6.60. The third-order valence-electron chi connectivity index (χ3n) is 3.69. The lowest BCUT2D eigenvalue weighted by molar-refractivity contribution is 0.0716. The Morgan fingerprint density at radius 2 is 2.00 bits per heavy atom. The number of aryl methyl sites for hydroxylation is 1. The van der Waals surface area contributed by atoms with Crippen LogP contribution in [0.1, 0.15) is 23.0 Å². The second-order valence-electron chi connectivity index (χ2n) is 4.53. The summed E-state index contributed by atoms with van der Waals surface area (Å²) in [5.41, 5.74) is 3.17. The van der Waals surface area contributed by atoms with Crippen LogP contribution in [0.3, 0.4) is 0 Å². The molecule has 2 heterocycles. The minimum atomic E-state index is 0.174. The van der Waals surface area contributed by atoms with Gasteiger partial charge in [0.25, 0.3) is 5.91 Å². The first-order valence-corrected chi connectivity index (χ1v) is 6.11. The third kappa shape index (κ3) is 1.32. The van der Waals surface area contributed by atoms with E-state index in [2.05, 4.69) is 16.7 Å². The van der Waals surface area contributed by atoms with Crippen molar-refractivity contribution in [3.05, 3.63) is 35.5 Å². The van der Waals surface area contributed by atoms with Gasteiger partial charge in [-0.05, 0) is 25.5 Å². The molecule has 0 N–H and O–H groups in total. The maximum Gasteiger partial charge on any atom is 0.270 e. The van der Waals surface area contributed by atoms with E-state index in [1.807, 2.05) is 30.9 Å². The molecule has 88 valence electrons. The van der Waals surface area contributed by atoms with Crippen molar-refractivity contribution in [2.24, 2.45) is 0 Å². The number of amides is 1. The highest BCUT2D eigenvalue weighted by Gasteiger charge is 2.27. The van der Waals surface area contributed by atoms with E-state index in [9.17, 15) is 4.79 Å². The van der Waals surface area contributed by atoms with Gasteiger partial charge in [-0.15, -0.1) is 0 Å². The summed E-state index contributed by atoms with van der Waals surface area (Å²) in [7, 11) is 0. The van der Waals surface area contributed by atoms with Gasteiger partial charge in [0, 0.05) is 30.5 Å². The topological polar surface area (TPSA) is 25.2 Å². The summed E-state index contributed by atoms with van der Waals surface area (Å²) in [5, 5.41) is 1.20. The summed E-state index contributed by atoms with van der Waals surface area (Å²) >= 11 is 0. The number of aromatic nitrogens is 1. The lowest BCUT2D eigenvalue weighted by Gasteiger charge is -2.28. The van der Waals surface area contributed by atoms with E-state index in [1.165, 1.54) is 10.9 Å². The molecule has 3 heteroatoms. The molecule has 17 heavy (non-hydrogen) atoms. The molecule has 0 unspecified atom stereocenters. The van der Waals surface area contributed by atoms with Gasteiger partial charge in [-0.3, -0.25) is 4.79 Å². The minimum absolute atomic E-state index is 0.174. The number of fused-ring (bicyclic) bond motifs is 3. The van der Waals surface area contributed by atoms with Crippen LogP contribution in [0, 0.1) is 6.92 Å². The highest BCUT2D eigenvalue weighted by atomic mass is 16.2. The smallest absolute Gasteiger partial charge is 0.270 e. The number of carbonyl (C=O) groups excluding carboxylic acids is 1. The van der Waals surface area contributed by atoms with E-state index in [-0.39, 0.29) is 5.91 Å². The van der Waals surface area contributed by atoms with Crippen molar-refractivity contribution in [3.63, 3.8) is 0 Å². The van der Waals surface area contributed by atoms with Crippen molar-refractivity contribution < 1.29 is 4.79 Å². The number of benzene rings is 1. The fraction of sp³-hybridized carbons (Fsp3) is 0.357. The van der Waals surface area contributed by atoms with E-state index < -0.39 is 0 Å². The van der Waals surface area contributed by atoms with Crippen LogP contribution < -0.4 is 0 Å². The molecule has 0 saturated carbocycles. The average molecular weight is 228 g/mol. The van der Waals surface area contributed by atoms with Crippen LogP contribution in [0.4, 0.5) is 0 Å². The fourth-order valence-electron chi connectivity index (χ4n) is 2.76. The number of carbonyl (C=O) groups is 1. The van der Waals surface area contributed by atoms with E-state index in [0.717, 1.165) is 30.9 Å². The van der Waals surface area contributed by atoms with Crippen LogP contribution in [0.25, 0.3) is 10.9 Å². The van der Waals surface area contributed by atoms with E-state index >= 15 is 0 Å². The van der Waals surface area contributed by atoms with Gasteiger partial charge in [0.05, 0.1) is 0 Å². The van der Waals surface area contributed by atoms with Gasteiger partial charge < -0.3 is 9.47 Å². The van der Waals surface area contributed by atoms with Crippen LogP contribution in [-0.2, 0) is 6.54 Å². The van der Waals surface area contributed by atoms with Gasteiger partial charge >= 0.3 is 0 Å². The van der Waals surface area contributed by atoms with Crippen LogP contribution in [0.2, 0.25) is 0 Å². The molecule has 1 aromatic carbocycles. The summed E-state index contributed by atoms with van der Waals surface area (Å²) in [6.07, 6.45) is 0. The molecule has 3 rings (SSSR count). The fourth-order valence-corrected chi connectivity index (χ4v) is 2.76. The van der Waals surface area contributed by atoms with Crippen LogP contribution >= 0.6 is 0 Å². The van der Waals surface area contributed by atoms with Crippen LogP contribution in [0.5, 0.6) is 0 Å². The molecule has 0 atom stereocenters. The minimum Gasteiger partial charge on any atom is -0.336 e. The molecule has 0 bridgehead atoms. The van der Waals surface area contributed by atoms with Crippen molar-refractivity contribution in [1.82, 2.24) is 9.47 Å². The second-order valence-corrected chi connectivity index (χ2v) is 4.53. The van der Waals surface area contributed by atoms with E-state index in [1.54, 1.807) is 0 Å².